The van der Waals surface area contributed by atoms with Gasteiger partial charge in [0.15, 0.2) is 0 Å². The van der Waals surface area contributed by atoms with Crippen LogP contribution < -0.4 is 4.90 Å². The summed E-state index contributed by atoms with van der Waals surface area (Å²) in [5, 5.41) is 0. The largest absolute Gasteiger partial charge is 0.306 e. The van der Waals surface area contributed by atoms with Gasteiger partial charge in [-0.15, -0.1) is 0 Å². The van der Waals surface area contributed by atoms with Crippen LogP contribution in [0.25, 0.3) is 0 Å². The summed E-state index contributed by atoms with van der Waals surface area (Å²) in [5.74, 6) is 0.823. The van der Waals surface area contributed by atoms with Crippen molar-refractivity contribution in [2.45, 2.75) is 50.5 Å². The Morgan fingerprint density at radius 2 is 1.74 bits per heavy atom. The van der Waals surface area contributed by atoms with Crippen LogP contribution in [0.2, 0.25) is 0 Å². The zero-order valence-electron chi connectivity index (χ0n) is 20.6. The number of likely N-dealkylation sites (N-methyl/N-ethyl adjacent to an activating group) is 1. The smallest absolute Gasteiger partial charge is 0.258 e. The van der Waals surface area contributed by atoms with Crippen LogP contribution >= 0.6 is 0 Å². The molecule has 34 heavy (non-hydrogen) atoms. The summed E-state index contributed by atoms with van der Waals surface area (Å²) in [6.07, 6.45) is 1.94. The van der Waals surface area contributed by atoms with E-state index in [9.17, 15) is 13.2 Å². The van der Waals surface area contributed by atoms with E-state index in [0.717, 1.165) is 31.6 Å². The predicted octanol–water partition coefficient (Wildman–Crippen LogP) is 4.11. The molecular weight excluding hydrogens is 446 g/mol. The van der Waals surface area contributed by atoms with Crippen LogP contribution in [0.3, 0.4) is 0 Å². The van der Waals surface area contributed by atoms with Crippen molar-refractivity contribution in [1.29, 1.82) is 0 Å². The maximum absolute atomic E-state index is 13.9. The van der Waals surface area contributed by atoms with Crippen LogP contribution in [0, 0.1) is 18.8 Å². The molecule has 3 heterocycles. The Hall–Kier alpha value is -2.22. The first-order valence-electron chi connectivity index (χ1n) is 12.4. The van der Waals surface area contributed by atoms with Crippen LogP contribution in [0.4, 0.5) is 5.69 Å². The fraction of sp³-hybridized carbons (Fsp3) is 0.519. The Labute approximate surface area is 203 Å². The normalized spacial score (nSPS) is 27.9. The van der Waals surface area contributed by atoms with E-state index in [-0.39, 0.29) is 22.8 Å². The van der Waals surface area contributed by atoms with Crippen LogP contribution in [0.15, 0.2) is 47.4 Å². The highest BCUT2D eigenvalue weighted by Gasteiger charge is 2.44. The number of fused-ring (bicyclic) bond motifs is 3. The molecule has 3 aliphatic heterocycles. The third kappa shape index (κ3) is 4.08. The van der Waals surface area contributed by atoms with Gasteiger partial charge in [0.1, 0.15) is 0 Å². The van der Waals surface area contributed by atoms with E-state index in [0.29, 0.717) is 30.5 Å². The molecule has 7 heteroatoms. The lowest BCUT2D eigenvalue weighted by molar-refractivity contribution is 0.0964. The topological polar surface area (TPSA) is 60.9 Å². The average Bonchev–Trinajstić information content (AvgIpc) is 3.10. The molecule has 0 unspecified atom stereocenters. The fourth-order valence-electron chi connectivity index (χ4n) is 6.23. The van der Waals surface area contributed by atoms with E-state index in [1.54, 1.807) is 28.6 Å². The van der Waals surface area contributed by atoms with Crippen molar-refractivity contribution < 1.29 is 13.2 Å². The van der Waals surface area contributed by atoms with E-state index in [1.165, 1.54) is 11.1 Å². The second-order valence-electron chi connectivity index (χ2n) is 10.8. The van der Waals surface area contributed by atoms with Crippen molar-refractivity contribution in [2.24, 2.45) is 11.8 Å². The first-order valence-corrected chi connectivity index (χ1v) is 13.8. The monoisotopic (exact) mass is 481 g/mol. The second kappa shape index (κ2) is 8.77. The van der Waals surface area contributed by atoms with Gasteiger partial charge in [-0.3, -0.25) is 4.79 Å². The van der Waals surface area contributed by atoms with Gasteiger partial charge in [-0.25, -0.2) is 8.42 Å². The molecule has 2 aromatic carbocycles. The molecular formula is C27H35N3O3S. The molecule has 4 atom stereocenters. The van der Waals surface area contributed by atoms with Crippen LogP contribution in [0.1, 0.15) is 54.1 Å². The van der Waals surface area contributed by atoms with Crippen molar-refractivity contribution >= 4 is 21.6 Å². The molecule has 0 N–H and O–H groups in total. The van der Waals surface area contributed by atoms with Crippen LogP contribution in [0.5, 0.6) is 0 Å². The Morgan fingerprint density at radius 3 is 2.47 bits per heavy atom. The summed E-state index contributed by atoms with van der Waals surface area (Å²) >= 11 is 0. The van der Waals surface area contributed by atoms with Gasteiger partial charge >= 0.3 is 0 Å². The summed E-state index contributed by atoms with van der Waals surface area (Å²) in [6.45, 7) is 9.21. The third-order valence-electron chi connectivity index (χ3n) is 7.73. The van der Waals surface area contributed by atoms with Gasteiger partial charge in [0.05, 0.1) is 4.90 Å². The number of hydrogen-bond acceptors (Lipinski definition) is 4. The lowest BCUT2D eigenvalue weighted by Crippen LogP contribution is -2.47. The molecule has 0 aliphatic carbocycles. The molecule has 0 radical (unpaired) electrons. The summed E-state index contributed by atoms with van der Waals surface area (Å²) in [5.41, 5.74) is 3.82. The molecule has 5 rings (SSSR count). The summed E-state index contributed by atoms with van der Waals surface area (Å²) in [4.78, 5) is 18.4. The molecule has 3 aliphatic rings. The Morgan fingerprint density at radius 1 is 1.00 bits per heavy atom. The molecule has 0 spiro atoms. The highest BCUT2D eigenvalue weighted by atomic mass is 32.2. The number of anilines is 1. The van der Waals surface area contributed by atoms with Crippen LogP contribution in [-0.2, 0) is 10.0 Å². The van der Waals surface area contributed by atoms with Crippen molar-refractivity contribution in [3.05, 3.63) is 59.2 Å². The Kier molecular flexibility index (Phi) is 6.07. The van der Waals surface area contributed by atoms with Crippen molar-refractivity contribution in [3.63, 3.8) is 0 Å². The maximum atomic E-state index is 13.9. The van der Waals surface area contributed by atoms with Crippen molar-refractivity contribution in [3.8, 4) is 0 Å². The van der Waals surface area contributed by atoms with E-state index >= 15 is 0 Å². The molecule has 2 aromatic rings. The zero-order chi connectivity index (χ0) is 24.2. The van der Waals surface area contributed by atoms with Crippen LogP contribution in [-0.4, -0.2) is 62.8 Å². The van der Waals surface area contributed by atoms with E-state index in [2.05, 4.69) is 50.9 Å². The molecule has 2 saturated heterocycles. The van der Waals surface area contributed by atoms with Gasteiger partial charge in [0, 0.05) is 42.8 Å². The number of benzene rings is 2. The summed E-state index contributed by atoms with van der Waals surface area (Å²) < 4.78 is 28.5. The predicted molar refractivity (Wildman–Crippen MR) is 135 cm³/mol. The third-order valence-corrected chi connectivity index (χ3v) is 9.55. The molecule has 6 nitrogen and oxygen atoms in total. The lowest BCUT2D eigenvalue weighted by atomic mass is 9.88. The lowest BCUT2D eigenvalue weighted by Gasteiger charge is -2.36. The average molecular weight is 482 g/mol. The number of carbonyl (C=O) groups is 1. The number of hydrogen-bond donors (Lipinski definition) is 0. The van der Waals surface area contributed by atoms with Gasteiger partial charge in [0.2, 0.25) is 10.0 Å². The van der Waals surface area contributed by atoms with Gasteiger partial charge < -0.3 is 9.80 Å². The summed E-state index contributed by atoms with van der Waals surface area (Å²) in [6, 6.07) is 13.1. The summed E-state index contributed by atoms with van der Waals surface area (Å²) in [7, 11) is -1.52. The molecule has 0 aromatic heterocycles. The molecule has 0 bridgehead atoms. The quantitative estimate of drug-likeness (QED) is 0.662. The number of piperidine rings is 2. The number of aryl methyl sites for hydroxylation is 1. The number of likely N-dealkylation sites (tertiary alicyclic amines) is 1. The van der Waals surface area contributed by atoms with E-state index in [1.807, 2.05) is 4.90 Å². The van der Waals surface area contributed by atoms with Gasteiger partial charge in [0.25, 0.3) is 5.91 Å². The SMILES string of the molecule is Cc1ccc2c(c1)[C@@H]1CN(C)CC[C@@H]1N2C(=O)c1cccc(S(=O)(=O)N2C[C@@H](C)C[C@H](C)C2)c1. The first kappa shape index (κ1) is 23.5. The van der Waals surface area contributed by atoms with E-state index < -0.39 is 10.0 Å². The highest BCUT2D eigenvalue weighted by molar-refractivity contribution is 7.89. The number of sulfonamides is 1. The zero-order valence-corrected chi connectivity index (χ0v) is 21.4. The molecule has 182 valence electrons. The van der Waals surface area contributed by atoms with Gasteiger partial charge in [-0.2, -0.15) is 4.31 Å². The van der Waals surface area contributed by atoms with Gasteiger partial charge in [-0.05, 0) is 75.0 Å². The maximum Gasteiger partial charge on any atom is 0.258 e. The van der Waals surface area contributed by atoms with Crippen molar-refractivity contribution in [1.82, 2.24) is 9.21 Å². The Balaban J connectivity index is 1.49. The standard InChI is InChI=1S/C27H35N3O3S/c1-18-8-9-25-23(13-18)24-17-28(4)11-10-26(24)30(25)27(31)21-6-5-7-22(14-21)34(32,33)29-15-19(2)12-20(3)16-29/h5-9,13-14,19-20,24,26H,10-12,15-17H2,1-4H3/t19-,20-,24-,26-/m0/s1. The molecule has 0 saturated carbocycles. The number of amides is 1. The fourth-order valence-corrected chi connectivity index (χ4v) is 7.95. The Bertz CT molecular complexity index is 1200. The van der Waals surface area contributed by atoms with Gasteiger partial charge in [-0.1, -0.05) is 37.6 Å². The second-order valence-corrected chi connectivity index (χ2v) is 12.7. The minimum Gasteiger partial charge on any atom is -0.306 e. The molecule has 1 amide bonds. The highest BCUT2D eigenvalue weighted by Crippen LogP contribution is 2.45. The minimum absolute atomic E-state index is 0.101. The number of nitrogens with zero attached hydrogens (tertiary/aromatic N) is 3. The van der Waals surface area contributed by atoms with E-state index in [4.69, 9.17) is 0 Å². The number of carbonyl (C=O) groups excluding carboxylic acids is 1. The van der Waals surface area contributed by atoms with Crippen molar-refractivity contribution in [2.75, 3.05) is 38.1 Å². The first-order chi connectivity index (χ1) is 16.1. The minimum atomic E-state index is -3.65. The number of rotatable bonds is 3. The molecule has 2 fully saturated rings.